The van der Waals surface area contributed by atoms with E-state index in [2.05, 4.69) is 35.1 Å². The number of amides is 1. The van der Waals surface area contributed by atoms with E-state index < -0.39 is 5.91 Å². The lowest BCUT2D eigenvalue weighted by Gasteiger charge is -2.38. The third-order valence-electron chi connectivity index (χ3n) is 6.45. The molecule has 12 heteroatoms. The molecule has 3 aromatic heterocycles. The maximum Gasteiger partial charge on any atom is 0.268 e. The number of anilines is 2. The average molecular weight is 520 g/mol. The molecule has 1 aromatic carbocycles. The molecule has 0 spiro atoms. The first-order valence-electron chi connectivity index (χ1n) is 11.9. The maximum atomic E-state index is 12.7. The number of imidazole rings is 1. The molecule has 0 aliphatic carbocycles. The molecule has 0 bridgehead atoms. The molecule has 5 rings (SSSR count). The molecule has 1 fully saturated rings. The fourth-order valence-electron chi connectivity index (χ4n) is 4.67. The van der Waals surface area contributed by atoms with E-state index in [1.54, 1.807) is 17.4 Å². The van der Waals surface area contributed by atoms with Crippen molar-refractivity contribution in [3.05, 3.63) is 47.6 Å². The first-order chi connectivity index (χ1) is 17.8. The average Bonchev–Trinajstić information content (AvgIpc) is 3.38. The lowest BCUT2D eigenvalue weighted by atomic mass is 10.0. The van der Waals surface area contributed by atoms with Crippen LogP contribution in [0.5, 0.6) is 0 Å². The molecule has 1 atom stereocenters. The number of rotatable bonds is 7. The second-order valence-electron chi connectivity index (χ2n) is 9.02. The van der Waals surface area contributed by atoms with Crippen molar-refractivity contribution in [1.29, 1.82) is 5.41 Å². The topological polar surface area (TPSA) is 144 Å². The number of aromatic amines is 1. The van der Waals surface area contributed by atoms with Gasteiger partial charge in [0, 0.05) is 43.3 Å². The number of nitrogens with one attached hydrogen (secondary N) is 3. The van der Waals surface area contributed by atoms with E-state index in [9.17, 15) is 9.59 Å². The molecule has 1 saturated heterocycles. The van der Waals surface area contributed by atoms with Crippen LogP contribution in [0.4, 0.5) is 11.5 Å². The standard InChI is InChI=1S/C25H26ClN9O2/c1-14(36)10-19(27)25(37)35-8-6-34(7-9-35)22-17(11-18(26)16-4-3-5-28-20(16)22)15(2)33-24-21-23(30-12-29-21)31-13-32-24/h3-5,11-13,15,27H,6-10H2,1-2H3,(H2,29,30,31,32,33). The quantitative estimate of drug-likeness (QED) is 0.315. The van der Waals surface area contributed by atoms with Crippen LogP contribution >= 0.6 is 11.6 Å². The summed E-state index contributed by atoms with van der Waals surface area (Å²) in [4.78, 5) is 48.4. The number of Topliss-reactive ketones (excluding diaryl/α,β-unsaturated/α-hetero) is 1. The minimum Gasteiger partial charge on any atom is -0.366 e. The first-order valence-corrected chi connectivity index (χ1v) is 12.3. The van der Waals surface area contributed by atoms with Crippen LogP contribution in [0.15, 0.2) is 37.1 Å². The summed E-state index contributed by atoms with van der Waals surface area (Å²) in [6.45, 7) is 5.36. The van der Waals surface area contributed by atoms with E-state index in [0.29, 0.717) is 48.2 Å². The number of fused-ring (bicyclic) bond motifs is 2. The maximum absolute atomic E-state index is 12.7. The van der Waals surface area contributed by atoms with Crippen molar-refractivity contribution in [3.8, 4) is 0 Å². The number of hydrogen-bond donors (Lipinski definition) is 3. The van der Waals surface area contributed by atoms with Crippen LogP contribution < -0.4 is 10.2 Å². The van der Waals surface area contributed by atoms with E-state index in [4.69, 9.17) is 17.0 Å². The van der Waals surface area contributed by atoms with E-state index in [1.807, 2.05) is 25.1 Å². The summed E-state index contributed by atoms with van der Waals surface area (Å²) in [7, 11) is 0. The van der Waals surface area contributed by atoms with Crippen molar-refractivity contribution in [2.45, 2.75) is 26.3 Å². The van der Waals surface area contributed by atoms with E-state index >= 15 is 0 Å². The molecule has 1 unspecified atom stereocenters. The third kappa shape index (κ3) is 4.82. The Bertz CT molecular complexity index is 1510. The van der Waals surface area contributed by atoms with Crippen LogP contribution in [-0.2, 0) is 9.59 Å². The van der Waals surface area contributed by atoms with E-state index in [0.717, 1.165) is 22.2 Å². The van der Waals surface area contributed by atoms with Gasteiger partial charge in [0.2, 0.25) is 0 Å². The number of hydrogen-bond acceptors (Lipinski definition) is 9. The highest BCUT2D eigenvalue weighted by Gasteiger charge is 2.28. The molecule has 4 aromatic rings. The minimum atomic E-state index is -0.392. The Labute approximate surface area is 217 Å². The Balaban J connectivity index is 1.46. The molecule has 3 N–H and O–H groups in total. The zero-order valence-corrected chi connectivity index (χ0v) is 21.2. The molecular weight excluding hydrogens is 494 g/mol. The normalized spacial score (nSPS) is 14.7. The predicted octanol–water partition coefficient (Wildman–Crippen LogP) is 3.38. The van der Waals surface area contributed by atoms with Gasteiger partial charge in [-0.1, -0.05) is 11.6 Å². The number of nitrogens with zero attached hydrogens (tertiary/aromatic N) is 6. The molecule has 37 heavy (non-hydrogen) atoms. The van der Waals surface area contributed by atoms with Crippen LogP contribution in [0.1, 0.15) is 31.9 Å². The summed E-state index contributed by atoms with van der Waals surface area (Å²) in [6, 6.07) is 5.54. The van der Waals surface area contributed by atoms with Gasteiger partial charge in [-0.3, -0.25) is 20.0 Å². The SMILES string of the molecule is CC(=O)CC(=N)C(=O)N1CCN(c2c(C(C)Nc3ncnc4nc[nH]c34)cc(Cl)c3cccnc23)CC1. The van der Waals surface area contributed by atoms with Crippen molar-refractivity contribution in [2.24, 2.45) is 0 Å². The van der Waals surface area contributed by atoms with Gasteiger partial charge in [-0.2, -0.15) is 0 Å². The number of aromatic nitrogens is 5. The van der Waals surface area contributed by atoms with Gasteiger partial charge in [0.05, 0.1) is 35.0 Å². The van der Waals surface area contributed by atoms with Crippen molar-refractivity contribution >= 4 is 62.6 Å². The molecule has 1 aliphatic rings. The highest BCUT2D eigenvalue weighted by atomic mass is 35.5. The number of benzene rings is 1. The predicted molar refractivity (Wildman–Crippen MR) is 142 cm³/mol. The minimum absolute atomic E-state index is 0.148. The number of ketones is 1. The molecule has 1 amide bonds. The van der Waals surface area contributed by atoms with Crippen molar-refractivity contribution in [3.63, 3.8) is 0 Å². The van der Waals surface area contributed by atoms with E-state index in [-0.39, 0.29) is 24.0 Å². The lowest BCUT2D eigenvalue weighted by Crippen LogP contribution is -2.51. The van der Waals surface area contributed by atoms with Crippen LogP contribution in [0.2, 0.25) is 5.02 Å². The summed E-state index contributed by atoms with van der Waals surface area (Å²) in [5, 5.41) is 12.9. The second kappa shape index (κ2) is 10.1. The summed E-state index contributed by atoms with van der Waals surface area (Å²) in [5.74, 6) is 0.0343. The van der Waals surface area contributed by atoms with Gasteiger partial charge in [-0.25, -0.2) is 15.0 Å². The highest BCUT2D eigenvalue weighted by molar-refractivity contribution is 6.40. The highest BCUT2D eigenvalue weighted by Crippen LogP contribution is 2.39. The van der Waals surface area contributed by atoms with E-state index in [1.165, 1.54) is 13.3 Å². The van der Waals surface area contributed by atoms with Crippen LogP contribution in [-0.4, -0.2) is 73.4 Å². The van der Waals surface area contributed by atoms with Crippen molar-refractivity contribution in [1.82, 2.24) is 29.8 Å². The number of H-pyrrole nitrogens is 1. The van der Waals surface area contributed by atoms with Crippen molar-refractivity contribution < 1.29 is 9.59 Å². The summed E-state index contributed by atoms with van der Waals surface area (Å²) in [6.07, 6.45) is 4.64. The summed E-state index contributed by atoms with van der Waals surface area (Å²) in [5.41, 5.74) is 3.75. The number of carbonyl (C=O) groups is 2. The fraction of sp³-hybridized carbons (Fsp3) is 0.320. The Morgan fingerprint density at radius 3 is 2.73 bits per heavy atom. The van der Waals surface area contributed by atoms with Gasteiger partial charge < -0.3 is 20.1 Å². The molecular formula is C25H26ClN9O2. The molecule has 190 valence electrons. The molecule has 11 nitrogen and oxygen atoms in total. The zero-order valence-electron chi connectivity index (χ0n) is 20.5. The van der Waals surface area contributed by atoms with Crippen LogP contribution in [0.3, 0.4) is 0 Å². The lowest BCUT2D eigenvalue weighted by molar-refractivity contribution is -0.125. The van der Waals surface area contributed by atoms with Gasteiger partial charge in [0.25, 0.3) is 5.91 Å². The van der Waals surface area contributed by atoms with Gasteiger partial charge in [0.15, 0.2) is 11.5 Å². The summed E-state index contributed by atoms with van der Waals surface area (Å²) >= 11 is 6.71. The monoisotopic (exact) mass is 519 g/mol. The third-order valence-corrected chi connectivity index (χ3v) is 6.77. The fourth-order valence-corrected chi connectivity index (χ4v) is 4.94. The van der Waals surface area contributed by atoms with Crippen molar-refractivity contribution in [2.75, 3.05) is 36.4 Å². The molecule has 0 saturated carbocycles. The number of pyridine rings is 1. The largest absolute Gasteiger partial charge is 0.366 e. The smallest absolute Gasteiger partial charge is 0.268 e. The summed E-state index contributed by atoms with van der Waals surface area (Å²) < 4.78 is 0. The molecule has 1 aliphatic heterocycles. The van der Waals surface area contributed by atoms with Gasteiger partial charge in [0.1, 0.15) is 23.3 Å². The second-order valence-corrected chi connectivity index (χ2v) is 9.43. The van der Waals surface area contributed by atoms with Gasteiger partial charge >= 0.3 is 0 Å². The number of piperazine rings is 1. The number of halogens is 1. The van der Waals surface area contributed by atoms with Crippen LogP contribution in [0, 0.1) is 5.41 Å². The Hall–Kier alpha value is -4.12. The first kappa shape index (κ1) is 24.6. The number of carbonyl (C=O) groups excluding carboxylic acids is 2. The Kier molecular flexibility index (Phi) is 6.70. The van der Waals surface area contributed by atoms with Gasteiger partial charge in [-0.15, -0.1) is 0 Å². The zero-order chi connectivity index (χ0) is 26.1. The van der Waals surface area contributed by atoms with Gasteiger partial charge in [-0.05, 0) is 32.0 Å². The Morgan fingerprint density at radius 2 is 1.97 bits per heavy atom. The molecule has 0 radical (unpaired) electrons. The molecule has 4 heterocycles. The van der Waals surface area contributed by atoms with Crippen LogP contribution in [0.25, 0.3) is 22.1 Å². The Morgan fingerprint density at radius 1 is 1.19 bits per heavy atom.